The van der Waals surface area contributed by atoms with E-state index in [2.05, 4.69) is 0 Å². The van der Waals surface area contributed by atoms with Gasteiger partial charge >= 0.3 is 0 Å². The van der Waals surface area contributed by atoms with Crippen LogP contribution >= 0.6 is 0 Å². The lowest BCUT2D eigenvalue weighted by Crippen LogP contribution is -2.39. The van der Waals surface area contributed by atoms with E-state index in [0.717, 1.165) is 5.56 Å². The average Bonchev–Trinajstić information content (AvgIpc) is 2.55. The van der Waals surface area contributed by atoms with Crippen molar-refractivity contribution in [2.45, 2.75) is 32.9 Å². The summed E-state index contributed by atoms with van der Waals surface area (Å²) in [7, 11) is 1.76. The first-order valence-electron chi connectivity index (χ1n) is 7.72. The minimum Gasteiger partial charge on any atom is -0.481 e. The third-order valence-corrected chi connectivity index (χ3v) is 3.65. The molecule has 0 N–H and O–H groups in total. The first-order valence-corrected chi connectivity index (χ1v) is 7.72. The number of hydrogen-bond donors (Lipinski definition) is 0. The molecule has 3 nitrogen and oxygen atoms in total. The second kappa shape index (κ2) is 7.77. The number of benzene rings is 2. The van der Waals surface area contributed by atoms with Crippen molar-refractivity contribution >= 4 is 5.91 Å². The van der Waals surface area contributed by atoms with Crippen LogP contribution in [-0.2, 0) is 11.3 Å². The summed E-state index contributed by atoms with van der Waals surface area (Å²) >= 11 is 0. The van der Waals surface area contributed by atoms with Crippen molar-refractivity contribution in [3.63, 3.8) is 0 Å². The van der Waals surface area contributed by atoms with Crippen molar-refractivity contribution in [1.29, 1.82) is 0 Å². The molecule has 122 valence electrons. The molecule has 0 unspecified atom stereocenters. The lowest BCUT2D eigenvalue weighted by atomic mass is 10.1. The van der Waals surface area contributed by atoms with Gasteiger partial charge in [-0.2, -0.15) is 0 Å². The number of ether oxygens (including phenoxy) is 1. The number of hydrogen-bond acceptors (Lipinski definition) is 2. The lowest BCUT2D eigenvalue weighted by Gasteiger charge is -2.24. The molecule has 1 amide bonds. The van der Waals surface area contributed by atoms with Crippen molar-refractivity contribution in [3.8, 4) is 5.75 Å². The third-order valence-electron chi connectivity index (χ3n) is 3.65. The van der Waals surface area contributed by atoms with Gasteiger partial charge in [0.1, 0.15) is 11.6 Å². The fourth-order valence-corrected chi connectivity index (χ4v) is 2.28. The van der Waals surface area contributed by atoms with Gasteiger partial charge in [-0.3, -0.25) is 4.79 Å². The summed E-state index contributed by atoms with van der Waals surface area (Å²) in [4.78, 5) is 14.2. The highest BCUT2D eigenvalue weighted by Crippen LogP contribution is 2.16. The normalized spacial score (nSPS) is 11.8. The van der Waals surface area contributed by atoms with Crippen LogP contribution in [0.15, 0.2) is 48.5 Å². The molecular formula is C19H22FNO2. The molecule has 0 aliphatic carbocycles. The molecular weight excluding hydrogens is 293 g/mol. The smallest absolute Gasteiger partial charge is 0.263 e. The lowest BCUT2D eigenvalue weighted by molar-refractivity contribution is -0.138. The van der Waals surface area contributed by atoms with Gasteiger partial charge in [-0.05, 0) is 43.2 Å². The maximum atomic E-state index is 12.9. The van der Waals surface area contributed by atoms with Gasteiger partial charge < -0.3 is 9.64 Å². The predicted octanol–water partition coefficient (Wildman–Crippen LogP) is 3.95. The first kappa shape index (κ1) is 17.0. The Hall–Kier alpha value is -2.36. The molecule has 2 aromatic carbocycles. The zero-order chi connectivity index (χ0) is 16.8. The molecule has 4 heteroatoms. The highest BCUT2D eigenvalue weighted by molar-refractivity contribution is 5.81. The highest BCUT2D eigenvalue weighted by Gasteiger charge is 2.22. The van der Waals surface area contributed by atoms with Gasteiger partial charge in [0.05, 0.1) is 0 Å². The summed E-state index contributed by atoms with van der Waals surface area (Å²) in [5, 5.41) is 0. The van der Waals surface area contributed by atoms with E-state index < -0.39 is 6.10 Å². The molecule has 0 fully saturated rings. The van der Waals surface area contributed by atoms with Crippen LogP contribution in [0, 0.1) is 12.7 Å². The van der Waals surface area contributed by atoms with Gasteiger partial charge in [0.2, 0.25) is 0 Å². The summed E-state index contributed by atoms with van der Waals surface area (Å²) in [5.74, 6) is 0.0842. The fraction of sp³-hybridized carbons (Fsp3) is 0.316. The Labute approximate surface area is 136 Å². The molecule has 0 aromatic heterocycles. The molecule has 0 radical (unpaired) electrons. The van der Waals surface area contributed by atoms with Crippen LogP contribution in [0.4, 0.5) is 4.39 Å². The summed E-state index contributed by atoms with van der Waals surface area (Å²) < 4.78 is 18.6. The van der Waals surface area contributed by atoms with Gasteiger partial charge in [-0.15, -0.1) is 0 Å². The summed E-state index contributed by atoms with van der Waals surface area (Å²) in [6.07, 6.45) is -0.0232. The van der Waals surface area contributed by atoms with Crippen LogP contribution in [0.5, 0.6) is 5.75 Å². The second-order valence-electron chi connectivity index (χ2n) is 5.65. The van der Waals surface area contributed by atoms with Crippen molar-refractivity contribution in [2.24, 2.45) is 0 Å². The molecule has 2 aromatic rings. The Morgan fingerprint density at radius 3 is 2.30 bits per heavy atom. The van der Waals surface area contributed by atoms with Gasteiger partial charge in [0, 0.05) is 13.6 Å². The largest absolute Gasteiger partial charge is 0.481 e. The molecule has 0 saturated heterocycles. The van der Waals surface area contributed by atoms with E-state index in [1.54, 1.807) is 11.9 Å². The number of carbonyl (C=O) groups excluding carboxylic acids is 1. The Kier molecular flexibility index (Phi) is 5.74. The Balaban J connectivity index is 2.00. The van der Waals surface area contributed by atoms with Crippen molar-refractivity contribution in [1.82, 2.24) is 4.90 Å². The first-order chi connectivity index (χ1) is 11.0. The Bertz CT molecular complexity index is 637. The van der Waals surface area contributed by atoms with Crippen LogP contribution in [-0.4, -0.2) is 24.0 Å². The number of nitrogens with zero attached hydrogens (tertiary/aromatic N) is 1. The molecule has 2 rings (SSSR count). The summed E-state index contributed by atoms with van der Waals surface area (Å²) in [6, 6.07) is 13.8. The number of amides is 1. The topological polar surface area (TPSA) is 29.5 Å². The Morgan fingerprint density at radius 1 is 1.13 bits per heavy atom. The quantitative estimate of drug-likeness (QED) is 0.808. The zero-order valence-corrected chi connectivity index (χ0v) is 13.8. The van der Waals surface area contributed by atoms with Crippen LogP contribution in [0.2, 0.25) is 0 Å². The monoisotopic (exact) mass is 315 g/mol. The number of halogens is 1. The summed E-state index contributed by atoms with van der Waals surface area (Å²) in [6.45, 7) is 4.45. The van der Waals surface area contributed by atoms with Crippen molar-refractivity contribution < 1.29 is 13.9 Å². The third kappa shape index (κ3) is 4.81. The van der Waals surface area contributed by atoms with Crippen LogP contribution in [0.3, 0.4) is 0 Å². The molecule has 0 saturated carbocycles. The van der Waals surface area contributed by atoms with E-state index in [0.29, 0.717) is 18.7 Å². The van der Waals surface area contributed by atoms with Gasteiger partial charge in [0.15, 0.2) is 6.10 Å². The number of rotatable bonds is 6. The van der Waals surface area contributed by atoms with Crippen LogP contribution < -0.4 is 4.74 Å². The van der Waals surface area contributed by atoms with E-state index in [1.807, 2.05) is 38.1 Å². The molecule has 23 heavy (non-hydrogen) atoms. The minimum atomic E-state index is -0.573. The molecule has 0 bridgehead atoms. The number of likely N-dealkylation sites (N-methyl/N-ethyl adjacent to an activating group) is 1. The molecule has 0 aliphatic rings. The highest BCUT2D eigenvalue weighted by atomic mass is 19.1. The van der Waals surface area contributed by atoms with Crippen molar-refractivity contribution in [2.75, 3.05) is 7.05 Å². The molecule has 1 atom stereocenters. The van der Waals surface area contributed by atoms with E-state index >= 15 is 0 Å². The minimum absolute atomic E-state index is 0.0857. The zero-order valence-electron chi connectivity index (χ0n) is 13.8. The van der Waals surface area contributed by atoms with E-state index in [9.17, 15) is 9.18 Å². The second-order valence-corrected chi connectivity index (χ2v) is 5.65. The Morgan fingerprint density at radius 2 is 1.74 bits per heavy atom. The maximum absolute atomic E-state index is 12.9. The molecule has 0 heterocycles. The van der Waals surface area contributed by atoms with E-state index in [1.165, 1.54) is 29.8 Å². The van der Waals surface area contributed by atoms with Gasteiger partial charge in [0.25, 0.3) is 5.91 Å². The standard InChI is InChI=1S/C19H22FNO2/c1-4-18(23-17-11-9-16(20)10-12-17)19(22)21(3)13-15-7-5-14(2)6-8-15/h5-12,18H,4,13H2,1-3H3/t18-/m0/s1. The number of aryl methyl sites for hydroxylation is 1. The maximum Gasteiger partial charge on any atom is 0.263 e. The SMILES string of the molecule is CC[C@H](Oc1ccc(F)cc1)C(=O)N(C)Cc1ccc(C)cc1. The van der Waals surface area contributed by atoms with Gasteiger partial charge in [-0.25, -0.2) is 4.39 Å². The predicted molar refractivity (Wildman–Crippen MR) is 88.8 cm³/mol. The van der Waals surface area contributed by atoms with E-state index in [-0.39, 0.29) is 11.7 Å². The molecule has 0 spiro atoms. The van der Waals surface area contributed by atoms with Crippen molar-refractivity contribution in [3.05, 3.63) is 65.5 Å². The van der Waals surface area contributed by atoms with Gasteiger partial charge in [-0.1, -0.05) is 36.8 Å². The average molecular weight is 315 g/mol. The molecule has 0 aliphatic heterocycles. The van der Waals surface area contributed by atoms with Crippen LogP contribution in [0.1, 0.15) is 24.5 Å². The van der Waals surface area contributed by atoms with E-state index in [4.69, 9.17) is 4.74 Å². The fourth-order valence-electron chi connectivity index (χ4n) is 2.28. The van der Waals surface area contributed by atoms with Crippen LogP contribution in [0.25, 0.3) is 0 Å². The number of carbonyl (C=O) groups is 1. The summed E-state index contributed by atoms with van der Waals surface area (Å²) in [5.41, 5.74) is 2.26.